The Hall–Kier alpha value is -2.72. The zero-order chi connectivity index (χ0) is 21.1. The third-order valence-corrected chi connectivity index (χ3v) is 6.04. The van der Waals surface area contributed by atoms with E-state index in [1.807, 2.05) is 19.2 Å². The molecular weight excluding hydrogens is 415 g/mol. The normalized spacial score (nSPS) is 11.2. The number of Topliss-reactive ketones (excluding diaryl/α,β-unsaturated/α-hetero) is 1. The first-order chi connectivity index (χ1) is 13.8. The minimum absolute atomic E-state index is 0.0521. The van der Waals surface area contributed by atoms with Gasteiger partial charge in [-0.2, -0.15) is 0 Å². The molecule has 0 radical (unpaired) electrons. The van der Waals surface area contributed by atoms with Crippen LogP contribution in [0.2, 0.25) is 0 Å². The molecule has 29 heavy (non-hydrogen) atoms. The summed E-state index contributed by atoms with van der Waals surface area (Å²) in [7, 11) is 0. The summed E-state index contributed by atoms with van der Waals surface area (Å²) in [6.45, 7) is 4.09. The Morgan fingerprint density at radius 3 is 2.66 bits per heavy atom. The summed E-state index contributed by atoms with van der Waals surface area (Å²) in [6, 6.07) is 5.96. The van der Waals surface area contributed by atoms with Crippen molar-refractivity contribution >= 4 is 34.7 Å². The Morgan fingerprint density at radius 2 is 2.00 bits per heavy atom. The number of benzene rings is 1. The molecule has 3 aromatic rings. The number of thioether (sulfide) groups is 1. The summed E-state index contributed by atoms with van der Waals surface area (Å²) in [4.78, 5) is 43.3. The van der Waals surface area contributed by atoms with Crippen molar-refractivity contribution in [1.82, 2.24) is 14.5 Å². The SMILES string of the molecule is CC(C)Cn1c(N)c(C(=O)CSc2nc(-c3ccc(F)cc3)cs2)c(=O)[nH]c1=O. The second-order valence-electron chi connectivity index (χ2n) is 6.74. The van der Waals surface area contributed by atoms with Crippen LogP contribution in [0.15, 0.2) is 43.6 Å². The Bertz CT molecular complexity index is 1150. The molecule has 152 valence electrons. The molecule has 0 saturated carbocycles. The number of nitrogens with zero attached hydrogens (tertiary/aromatic N) is 2. The van der Waals surface area contributed by atoms with Crippen molar-refractivity contribution in [2.24, 2.45) is 5.92 Å². The lowest BCUT2D eigenvalue weighted by molar-refractivity contribution is 0.102. The first kappa shape index (κ1) is 21.0. The first-order valence-electron chi connectivity index (χ1n) is 8.76. The van der Waals surface area contributed by atoms with Crippen LogP contribution in [-0.2, 0) is 6.54 Å². The molecule has 0 amide bonds. The topological polar surface area (TPSA) is 111 Å². The number of carbonyl (C=O) groups is 1. The second kappa shape index (κ2) is 8.75. The predicted octanol–water partition coefficient (Wildman–Crippen LogP) is 3.01. The van der Waals surface area contributed by atoms with Crippen LogP contribution in [0.4, 0.5) is 10.2 Å². The van der Waals surface area contributed by atoms with Gasteiger partial charge >= 0.3 is 5.69 Å². The first-order valence-corrected chi connectivity index (χ1v) is 10.6. The summed E-state index contributed by atoms with van der Waals surface area (Å²) in [6.07, 6.45) is 0. The number of ketones is 1. The fourth-order valence-corrected chi connectivity index (χ4v) is 4.39. The zero-order valence-corrected chi connectivity index (χ0v) is 17.4. The third-order valence-electron chi connectivity index (χ3n) is 4.02. The van der Waals surface area contributed by atoms with Gasteiger partial charge in [-0.05, 0) is 30.2 Å². The van der Waals surface area contributed by atoms with Gasteiger partial charge in [0.05, 0.1) is 11.4 Å². The number of nitrogens with two attached hydrogens (primary N) is 1. The number of thiazole rings is 1. The molecule has 7 nitrogen and oxygen atoms in total. The molecule has 0 aliphatic heterocycles. The van der Waals surface area contributed by atoms with Gasteiger partial charge in [-0.1, -0.05) is 25.6 Å². The van der Waals surface area contributed by atoms with Crippen molar-refractivity contribution in [3.8, 4) is 11.3 Å². The van der Waals surface area contributed by atoms with Gasteiger partial charge in [-0.3, -0.25) is 19.1 Å². The quantitative estimate of drug-likeness (QED) is 0.437. The van der Waals surface area contributed by atoms with E-state index in [0.717, 1.165) is 5.56 Å². The average Bonchev–Trinajstić information content (AvgIpc) is 3.13. The van der Waals surface area contributed by atoms with E-state index in [4.69, 9.17) is 5.73 Å². The van der Waals surface area contributed by atoms with Crippen molar-refractivity contribution < 1.29 is 9.18 Å². The van der Waals surface area contributed by atoms with Gasteiger partial charge in [0.2, 0.25) is 0 Å². The van der Waals surface area contributed by atoms with Crippen LogP contribution < -0.4 is 17.0 Å². The molecule has 1 aromatic carbocycles. The fraction of sp³-hybridized carbons (Fsp3) is 0.263. The Labute approximate surface area is 173 Å². The summed E-state index contributed by atoms with van der Waals surface area (Å²) < 4.78 is 14.9. The van der Waals surface area contributed by atoms with Crippen LogP contribution in [0.25, 0.3) is 11.3 Å². The number of carbonyl (C=O) groups excluding carboxylic acids is 1. The summed E-state index contributed by atoms with van der Waals surface area (Å²) >= 11 is 2.51. The van der Waals surface area contributed by atoms with E-state index in [2.05, 4.69) is 9.97 Å². The lowest BCUT2D eigenvalue weighted by Gasteiger charge is -2.13. The van der Waals surface area contributed by atoms with Crippen LogP contribution in [0.5, 0.6) is 0 Å². The van der Waals surface area contributed by atoms with Crippen LogP contribution >= 0.6 is 23.1 Å². The highest BCUT2D eigenvalue weighted by Gasteiger charge is 2.20. The number of hydrogen-bond acceptors (Lipinski definition) is 7. The van der Waals surface area contributed by atoms with Gasteiger partial charge in [-0.25, -0.2) is 14.2 Å². The van der Waals surface area contributed by atoms with E-state index in [9.17, 15) is 18.8 Å². The van der Waals surface area contributed by atoms with Crippen molar-refractivity contribution in [3.63, 3.8) is 0 Å². The number of nitrogen functional groups attached to an aromatic ring is 1. The van der Waals surface area contributed by atoms with Crippen molar-refractivity contribution in [2.75, 3.05) is 11.5 Å². The monoisotopic (exact) mass is 434 g/mol. The van der Waals surface area contributed by atoms with E-state index in [1.165, 1.54) is 39.8 Å². The molecule has 0 atom stereocenters. The maximum absolute atomic E-state index is 13.0. The number of H-pyrrole nitrogens is 1. The van der Waals surface area contributed by atoms with Crippen molar-refractivity contribution in [1.29, 1.82) is 0 Å². The number of aromatic amines is 1. The standard InChI is InChI=1S/C19H19FN4O3S2/c1-10(2)7-24-16(21)15(17(26)23-18(24)27)14(25)9-29-19-22-13(8-28-19)11-3-5-12(20)6-4-11/h3-6,8,10H,7,9,21H2,1-2H3,(H,23,26,27). The highest BCUT2D eigenvalue weighted by Crippen LogP contribution is 2.29. The number of anilines is 1. The second-order valence-corrected chi connectivity index (χ2v) is 8.82. The number of hydrogen-bond donors (Lipinski definition) is 2. The summed E-state index contributed by atoms with van der Waals surface area (Å²) in [5.74, 6) is -0.873. The maximum atomic E-state index is 13.0. The smallest absolute Gasteiger partial charge is 0.329 e. The molecule has 0 bridgehead atoms. The highest BCUT2D eigenvalue weighted by atomic mass is 32.2. The molecule has 0 spiro atoms. The van der Waals surface area contributed by atoms with Crippen molar-refractivity contribution in [2.45, 2.75) is 24.7 Å². The van der Waals surface area contributed by atoms with E-state index in [-0.39, 0.29) is 28.9 Å². The largest absolute Gasteiger partial charge is 0.384 e. The number of nitrogens with one attached hydrogen (secondary N) is 1. The van der Waals surface area contributed by atoms with E-state index in [0.29, 0.717) is 16.6 Å². The lowest BCUT2D eigenvalue weighted by Crippen LogP contribution is -2.37. The Balaban J connectivity index is 1.77. The van der Waals surface area contributed by atoms with Gasteiger partial charge in [0, 0.05) is 17.5 Å². The fourth-order valence-electron chi connectivity index (χ4n) is 2.68. The van der Waals surface area contributed by atoms with Gasteiger partial charge in [0.25, 0.3) is 5.56 Å². The van der Waals surface area contributed by atoms with Gasteiger partial charge in [0.15, 0.2) is 10.1 Å². The van der Waals surface area contributed by atoms with Crippen LogP contribution in [-0.4, -0.2) is 26.1 Å². The van der Waals surface area contributed by atoms with E-state index in [1.54, 1.807) is 12.1 Å². The number of halogens is 1. The summed E-state index contributed by atoms with van der Waals surface area (Å²) in [5, 5.41) is 1.81. The highest BCUT2D eigenvalue weighted by molar-refractivity contribution is 8.01. The Kier molecular flexibility index (Phi) is 6.33. The molecule has 0 saturated heterocycles. The molecule has 0 fully saturated rings. The molecule has 3 rings (SSSR count). The number of rotatable bonds is 7. The van der Waals surface area contributed by atoms with Gasteiger partial charge in [-0.15, -0.1) is 11.3 Å². The minimum Gasteiger partial charge on any atom is -0.384 e. The van der Waals surface area contributed by atoms with Crippen molar-refractivity contribution in [3.05, 3.63) is 61.9 Å². The molecule has 0 unspecified atom stereocenters. The molecule has 0 aliphatic carbocycles. The average molecular weight is 435 g/mol. The van der Waals surface area contributed by atoms with E-state index < -0.39 is 17.0 Å². The van der Waals surface area contributed by atoms with Gasteiger partial charge in [0.1, 0.15) is 17.2 Å². The molecule has 10 heteroatoms. The molecular formula is C19H19FN4O3S2. The van der Waals surface area contributed by atoms with Crippen LogP contribution in [0.1, 0.15) is 24.2 Å². The minimum atomic E-state index is -0.788. The predicted molar refractivity (Wildman–Crippen MR) is 113 cm³/mol. The van der Waals surface area contributed by atoms with Crippen LogP contribution in [0, 0.1) is 11.7 Å². The molecule has 2 aromatic heterocycles. The van der Waals surface area contributed by atoms with E-state index >= 15 is 0 Å². The number of aromatic nitrogens is 3. The van der Waals surface area contributed by atoms with Gasteiger partial charge < -0.3 is 5.73 Å². The van der Waals surface area contributed by atoms with Crippen LogP contribution in [0.3, 0.4) is 0 Å². The third kappa shape index (κ3) is 4.83. The summed E-state index contributed by atoms with van der Waals surface area (Å²) in [5.41, 5.74) is 5.77. The molecule has 2 heterocycles. The zero-order valence-electron chi connectivity index (χ0n) is 15.8. The lowest BCUT2D eigenvalue weighted by atomic mass is 10.2. The molecule has 3 N–H and O–H groups in total. The Morgan fingerprint density at radius 1 is 1.31 bits per heavy atom. The molecule has 0 aliphatic rings. The maximum Gasteiger partial charge on any atom is 0.329 e.